The molecule has 1 atom stereocenters. The smallest absolute Gasteiger partial charge is 0.229 e. The highest BCUT2D eigenvalue weighted by molar-refractivity contribution is 5.67. The Morgan fingerprint density at radius 3 is 3.04 bits per heavy atom. The monoisotopic (exact) mass is 335 g/mol. The van der Waals surface area contributed by atoms with Gasteiger partial charge in [-0.25, -0.2) is 4.98 Å². The molecule has 128 valence electrons. The Hall–Kier alpha value is -2.94. The molecule has 1 saturated heterocycles. The summed E-state index contributed by atoms with van der Waals surface area (Å²) >= 11 is 0. The molecule has 0 aliphatic carbocycles. The van der Waals surface area contributed by atoms with Crippen LogP contribution in [0.15, 0.2) is 30.3 Å². The van der Waals surface area contributed by atoms with Crippen molar-refractivity contribution >= 4 is 23.7 Å². The first-order valence-electron chi connectivity index (χ1n) is 8.60. The Labute approximate surface area is 147 Å². The van der Waals surface area contributed by atoms with Crippen LogP contribution in [-0.4, -0.2) is 28.8 Å². The van der Waals surface area contributed by atoms with Gasteiger partial charge in [-0.3, -0.25) is 0 Å². The van der Waals surface area contributed by atoms with E-state index in [0.717, 1.165) is 55.7 Å². The number of rotatable bonds is 6. The molecule has 2 aromatic rings. The van der Waals surface area contributed by atoms with Crippen LogP contribution in [0.25, 0.3) is 0 Å². The van der Waals surface area contributed by atoms with E-state index in [4.69, 9.17) is 5.26 Å². The van der Waals surface area contributed by atoms with Crippen LogP contribution in [-0.2, 0) is 11.2 Å². The van der Waals surface area contributed by atoms with E-state index in [1.165, 1.54) is 0 Å². The number of benzene rings is 1. The number of hydrogen-bond donors (Lipinski definition) is 1. The van der Waals surface area contributed by atoms with E-state index in [-0.39, 0.29) is 6.04 Å². The number of carbonyl (C=O) groups is 1. The van der Waals surface area contributed by atoms with Crippen LogP contribution in [0.4, 0.5) is 17.5 Å². The van der Waals surface area contributed by atoms with Crippen LogP contribution in [0.3, 0.4) is 0 Å². The molecule has 0 amide bonds. The molecule has 2 heterocycles. The maximum Gasteiger partial charge on any atom is 0.229 e. The molecule has 1 aliphatic rings. The second-order valence-electron chi connectivity index (χ2n) is 6.15. The number of aldehydes is 1. The molecule has 1 unspecified atom stereocenters. The third-order valence-electron chi connectivity index (χ3n) is 4.27. The van der Waals surface area contributed by atoms with Crippen molar-refractivity contribution in [2.75, 3.05) is 16.8 Å². The van der Waals surface area contributed by atoms with Gasteiger partial charge in [0, 0.05) is 24.0 Å². The summed E-state index contributed by atoms with van der Waals surface area (Å²) in [6.07, 6.45) is 4.68. The summed E-state index contributed by atoms with van der Waals surface area (Å²) in [7, 11) is 0. The van der Waals surface area contributed by atoms with E-state index >= 15 is 0 Å². The second kappa shape index (κ2) is 7.75. The van der Waals surface area contributed by atoms with Crippen molar-refractivity contribution in [3.8, 4) is 6.07 Å². The second-order valence-corrected chi connectivity index (χ2v) is 6.15. The fourth-order valence-electron chi connectivity index (χ4n) is 3.08. The molecule has 1 fully saturated rings. The molecule has 1 aliphatic heterocycles. The Bertz CT molecular complexity index is 799. The highest BCUT2D eigenvalue weighted by Crippen LogP contribution is 2.26. The number of nitrogens with zero attached hydrogens (tertiary/aromatic N) is 4. The molecule has 25 heavy (non-hydrogen) atoms. The quantitative estimate of drug-likeness (QED) is 0.816. The fourth-order valence-corrected chi connectivity index (χ4v) is 3.08. The SMILES string of the molecule is CCCc1cc(N2CCCC2C=O)nc(Nc2cccc(C#N)c2)n1. The van der Waals surface area contributed by atoms with Crippen molar-refractivity contribution in [3.63, 3.8) is 0 Å². The highest BCUT2D eigenvalue weighted by Gasteiger charge is 2.25. The van der Waals surface area contributed by atoms with Gasteiger partial charge in [0.1, 0.15) is 12.1 Å². The van der Waals surface area contributed by atoms with Crippen LogP contribution < -0.4 is 10.2 Å². The standard InChI is InChI=1S/C19H21N5O/c1-2-5-15-11-18(24-9-4-8-17(24)13-25)23-19(21-15)22-16-7-3-6-14(10-16)12-20/h3,6-7,10-11,13,17H,2,4-5,8-9H2,1H3,(H,21,22,23). The van der Waals surface area contributed by atoms with Gasteiger partial charge in [-0.15, -0.1) is 0 Å². The van der Waals surface area contributed by atoms with E-state index in [1.807, 2.05) is 23.1 Å². The lowest BCUT2D eigenvalue weighted by atomic mass is 10.2. The van der Waals surface area contributed by atoms with Crippen LogP contribution >= 0.6 is 0 Å². The molecule has 0 radical (unpaired) electrons. The minimum atomic E-state index is -0.112. The molecule has 0 saturated carbocycles. The number of aryl methyl sites for hydroxylation is 1. The molecule has 1 aromatic heterocycles. The molecular formula is C19H21N5O. The maximum atomic E-state index is 11.3. The summed E-state index contributed by atoms with van der Waals surface area (Å²) in [4.78, 5) is 22.5. The molecule has 6 nitrogen and oxygen atoms in total. The molecular weight excluding hydrogens is 314 g/mol. The molecule has 0 spiro atoms. The maximum absolute atomic E-state index is 11.3. The zero-order valence-electron chi connectivity index (χ0n) is 14.3. The number of aromatic nitrogens is 2. The number of nitrogens with one attached hydrogen (secondary N) is 1. The van der Waals surface area contributed by atoms with E-state index in [1.54, 1.807) is 12.1 Å². The number of anilines is 3. The normalized spacial score (nSPS) is 16.5. The van der Waals surface area contributed by atoms with Crippen LogP contribution in [0.2, 0.25) is 0 Å². The lowest BCUT2D eigenvalue weighted by molar-refractivity contribution is -0.108. The first kappa shape index (κ1) is 16.9. The van der Waals surface area contributed by atoms with Crippen LogP contribution in [0.5, 0.6) is 0 Å². The van der Waals surface area contributed by atoms with Gasteiger partial charge in [0.25, 0.3) is 0 Å². The van der Waals surface area contributed by atoms with Gasteiger partial charge in [0.15, 0.2) is 0 Å². The summed E-state index contributed by atoms with van der Waals surface area (Å²) in [5, 5.41) is 12.2. The minimum Gasteiger partial charge on any atom is -0.347 e. The average molecular weight is 335 g/mol. The van der Waals surface area contributed by atoms with E-state index < -0.39 is 0 Å². The van der Waals surface area contributed by atoms with Gasteiger partial charge in [-0.2, -0.15) is 10.2 Å². The van der Waals surface area contributed by atoms with Crippen molar-refractivity contribution in [2.45, 2.75) is 38.6 Å². The Kier molecular flexibility index (Phi) is 5.24. The minimum absolute atomic E-state index is 0.112. The van der Waals surface area contributed by atoms with Gasteiger partial charge in [-0.1, -0.05) is 19.4 Å². The average Bonchev–Trinajstić information content (AvgIpc) is 3.11. The van der Waals surface area contributed by atoms with Crippen molar-refractivity contribution in [2.24, 2.45) is 0 Å². The summed E-state index contributed by atoms with van der Waals surface area (Å²) < 4.78 is 0. The summed E-state index contributed by atoms with van der Waals surface area (Å²) in [6, 6.07) is 11.2. The lowest BCUT2D eigenvalue weighted by Crippen LogP contribution is -2.31. The predicted molar refractivity (Wildman–Crippen MR) is 96.9 cm³/mol. The van der Waals surface area contributed by atoms with Gasteiger partial charge in [0.05, 0.1) is 17.7 Å². The number of carbonyl (C=O) groups excluding carboxylic acids is 1. The third-order valence-corrected chi connectivity index (χ3v) is 4.27. The van der Waals surface area contributed by atoms with Crippen molar-refractivity contribution in [1.29, 1.82) is 5.26 Å². The van der Waals surface area contributed by atoms with Crippen molar-refractivity contribution in [3.05, 3.63) is 41.6 Å². The van der Waals surface area contributed by atoms with Gasteiger partial charge in [-0.05, 0) is 37.5 Å². The summed E-state index contributed by atoms with van der Waals surface area (Å²) in [5.41, 5.74) is 2.30. The largest absolute Gasteiger partial charge is 0.347 e. The lowest BCUT2D eigenvalue weighted by Gasteiger charge is -2.22. The summed E-state index contributed by atoms with van der Waals surface area (Å²) in [5.74, 6) is 1.28. The third kappa shape index (κ3) is 3.94. The van der Waals surface area contributed by atoms with E-state index in [2.05, 4.69) is 28.3 Å². The first-order chi connectivity index (χ1) is 12.2. The predicted octanol–water partition coefficient (Wildman–Crippen LogP) is 3.21. The van der Waals surface area contributed by atoms with Gasteiger partial charge < -0.3 is 15.0 Å². The molecule has 3 rings (SSSR count). The van der Waals surface area contributed by atoms with E-state index in [0.29, 0.717) is 11.5 Å². The number of nitriles is 1. The fraction of sp³-hybridized carbons (Fsp3) is 0.368. The first-order valence-corrected chi connectivity index (χ1v) is 8.60. The molecule has 1 aromatic carbocycles. The zero-order valence-corrected chi connectivity index (χ0v) is 14.3. The Morgan fingerprint density at radius 2 is 2.28 bits per heavy atom. The van der Waals surface area contributed by atoms with Crippen LogP contribution in [0, 0.1) is 11.3 Å². The van der Waals surface area contributed by atoms with Gasteiger partial charge >= 0.3 is 0 Å². The van der Waals surface area contributed by atoms with Crippen LogP contribution in [0.1, 0.15) is 37.4 Å². The Balaban J connectivity index is 1.92. The molecule has 0 bridgehead atoms. The zero-order chi connectivity index (χ0) is 17.6. The van der Waals surface area contributed by atoms with Crippen molar-refractivity contribution in [1.82, 2.24) is 9.97 Å². The van der Waals surface area contributed by atoms with Crippen molar-refractivity contribution < 1.29 is 4.79 Å². The summed E-state index contributed by atoms with van der Waals surface area (Å²) in [6.45, 7) is 2.94. The number of hydrogen-bond acceptors (Lipinski definition) is 6. The van der Waals surface area contributed by atoms with Gasteiger partial charge in [0.2, 0.25) is 5.95 Å². The van der Waals surface area contributed by atoms with E-state index in [9.17, 15) is 4.79 Å². The molecule has 6 heteroatoms. The topological polar surface area (TPSA) is 81.9 Å². The Morgan fingerprint density at radius 1 is 1.40 bits per heavy atom. The molecule has 1 N–H and O–H groups in total. The highest BCUT2D eigenvalue weighted by atomic mass is 16.1.